The first-order valence-corrected chi connectivity index (χ1v) is 30.6. The van der Waals surface area contributed by atoms with Gasteiger partial charge < -0.3 is 20.3 Å². The van der Waals surface area contributed by atoms with Crippen LogP contribution in [-0.4, -0.2) is 47.4 Å². The molecule has 0 rings (SSSR count). The van der Waals surface area contributed by atoms with Gasteiger partial charge in [0.1, 0.15) is 0 Å². The van der Waals surface area contributed by atoms with Crippen molar-refractivity contribution in [3.8, 4) is 0 Å². The van der Waals surface area contributed by atoms with Gasteiger partial charge in [0.2, 0.25) is 5.91 Å². The number of esters is 1. The first kappa shape index (κ1) is 66.3. The normalized spacial score (nSPS) is 12.7. The van der Waals surface area contributed by atoms with Crippen LogP contribution in [0.2, 0.25) is 0 Å². The molecule has 0 fully saturated rings. The number of amides is 1. The molecule has 3 N–H and O–H groups in total. The summed E-state index contributed by atoms with van der Waals surface area (Å²) in [5.74, 6) is -0.0509. The largest absolute Gasteiger partial charge is 0.466 e. The number of aliphatic hydroxyl groups excluding tert-OH is 2. The zero-order valence-electron chi connectivity index (χ0n) is 45.9. The summed E-state index contributed by atoms with van der Waals surface area (Å²) >= 11 is 0. The number of carbonyl (C=O) groups excluding carboxylic acids is 2. The maximum atomic E-state index is 12.4. The molecular weight excluding hydrogens is 839 g/mol. The smallest absolute Gasteiger partial charge is 0.305 e. The number of allylic oxidation sites excluding steroid dienone is 3. The number of rotatable bonds is 57. The van der Waals surface area contributed by atoms with Gasteiger partial charge in [0, 0.05) is 12.8 Å². The summed E-state index contributed by atoms with van der Waals surface area (Å²) < 4.78 is 5.47. The second kappa shape index (κ2) is 57.9. The molecule has 6 nitrogen and oxygen atoms in total. The fraction of sp³-hybridized carbons (Fsp3) is 0.903. The third-order valence-electron chi connectivity index (χ3n) is 14.2. The lowest BCUT2D eigenvalue weighted by atomic mass is 10.0. The highest BCUT2D eigenvalue weighted by molar-refractivity contribution is 5.76. The van der Waals surface area contributed by atoms with Gasteiger partial charge in [0.15, 0.2) is 0 Å². The molecule has 0 aromatic heterocycles. The van der Waals surface area contributed by atoms with Crippen LogP contribution in [0.3, 0.4) is 0 Å². The summed E-state index contributed by atoms with van der Waals surface area (Å²) in [6, 6.07) is -0.624. The molecule has 0 radical (unpaired) electrons. The Kier molecular flexibility index (Phi) is 56.5. The van der Waals surface area contributed by atoms with E-state index in [1.807, 2.05) is 6.08 Å². The van der Waals surface area contributed by atoms with E-state index in [0.29, 0.717) is 19.4 Å². The zero-order chi connectivity index (χ0) is 49.3. The van der Waals surface area contributed by atoms with E-state index in [0.717, 1.165) is 38.5 Å². The third kappa shape index (κ3) is 53.7. The molecule has 0 aromatic rings. The Bertz CT molecular complexity index is 1060. The lowest BCUT2D eigenvalue weighted by molar-refractivity contribution is -0.143. The van der Waals surface area contributed by atoms with E-state index in [1.54, 1.807) is 6.08 Å². The molecule has 0 heterocycles. The van der Waals surface area contributed by atoms with Crippen LogP contribution in [0.4, 0.5) is 0 Å². The summed E-state index contributed by atoms with van der Waals surface area (Å²) in [5.41, 5.74) is 0. The zero-order valence-corrected chi connectivity index (χ0v) is 45.9. The van der Waals surface area contributed by atoms with Crippen LogP contribution < -0.4 is 5.32 Å². The Labute approximate surface area is 424 Å². The highest BCUT2D eigenvalue weighted by atomic mass is 16.5. The van der Waals surface area contributed by atoms with Crippen molar-refractivity contribution in [1.29, 1.82) is 0 Å². The van der Waals surface area contributed by atoms with Gasteiger partial charge in [-0.05, 0) is 57.8 Å². The van der Waals surface area contributed by atoms with E-state index >= 15 is 0 Å². The summed E-state index contributed by atoms with van der Waals surface area (Å²) in [6.07, 6.45) is 71.0. The molecule has 402 valence electrons. The molecule has 0 saturated carbocycles. The highest BCUT2D eigenvalue weighted by Crippen LogP contribution is 2.17. The average molecular weight is 959 g/mol. The van der Waals surface area contributed by atoms with E-state index in [4.69, 9.17) is 4.74 Å². The Morgan fingerprint density at radius 1 is 0.397 bits per heavy atom. The van der Waals surface area contributed by atoms with Gasteiger partial charge in [-0.25, -0.2) is 0 Å². The maximum Gasteiger partial charge on any atom is 0.305 e. The van der Waals surface area contributed by atoms with Gasteiger partial charge in [0.25, 0.3) is 0 Å². The molecule has 0 aromatic carbocycles. The molecule has 0 aliphatic heterocycles. The number of aliphatic hydroxyl groups is 2. The standard InChI is InChI=1S/C62H119NO5/c1-3-5-7-9-11-13-14-36-40-44-48-52-56-62(67)68-57-53-49-45-41-37-34-32-30-28-26-24-22-20-18-16-15-17-19-21-23-25-27-29-31-33-35-39-43-47-51-55-61(66)63-59(58-64)60(65)54-50-46-42-38-12-10-8-6-4-2/h16,18,50,54,59-60,64-65H,3-15,17,19-49,51-53,55-58H2,1-2H3,(H,63,66)/b18-16-,54-50+. The fourth-order valence-electron chi connectivity index (χ4n) is 9.51. The van der Waals surface area contributed by atoms with Crippen molar-refractivity contribution in [2.75, 3.05) is 13.2 Å². The van der Waals surface area contributed by atoms with Crippen molar-refractivity contribution in [1.82, 2.24) is 5.32 Å². The number of ether oxygens (including phenoxy) is 1. The van der Waals surface area contributed by atoms with Gasteiger partial charge in [-0.15, -0.1) is 0 Å². The highest BCUT2D eigenvalue weighted by Gasteiger charge is 2.18. The van der Waals surface area contributed by atoms with Crippen LogP contribution in [0.1, 0.15) is 335 Å². The number of hydrogen-bond acceptors (Lipinski definition) is 5. The Hall–Kier alpha value is -1.66. The fourth-order valence-corrected chi connectivity index (χ4v) is 9.51. The lowest BCUT2D eigenvalue weighted by Gasteiger charge is -2.20. The SMILES string of the molecule is CCCCCCCCC/C=C/C(O)C(CO)NC(=O)CCCCCCCCCCCCCCCC/C=C\CCCCCCCCCCCCCCOC(=O)CCCCCCCCCCCCCC. The van der Waals surface area contributed by atoms with E-state index in [2.05, 4.69) is 31.3 Å². The Morgan fingerprint density at radius 3 is 1.04 bits per heavy atom. The number of hydrogen-bond donors (Lipinski definition) is 3. The Morgan fingerprint density at radius 2 is 0.691 bits per heavy atom. The average Bonchev–Trinajstić information content (AvgIpc) is 3.34. The summed E-state index contributed by atoms with van der Waals surface area (Å²) in [4.78, 5) is 24.4. The Balaban J connectivity index is 3.34. The van der Waals surface area contributed by atoms with Crippen LogP contribution in [-0.2, 0) is 14.3 Å². The topological polar surface area (TPSA) is 95.9 Å². The minimum atomic E-state index is -0.840. The minimum Gasteiger partial charge on any atom is -0.466 e. The van der Waals surface area contributed by atoms with Crippen molar-refractivity contribution < 1.29 is 24.5 Å². The molecular formula is C62H119NO5. The summed E-state index contributed by atoms with van der Waals surface area (Å²) in [7, 11) is 0. The van der Waals surface area contributed by atoms with Gasteiger partial charge in [-0.3, -0.25) is 9.59 Å². The van der Waals surface area contributed by atoms with Crippen LogP contribution in [0.25, 0.3) is 0 Å². The number of carbonyl (C=O) groups is 2. The predicted molar refractivity (Wildman–Crippen MR) is 296 cm³/mol. The molecule has 0 saturated heterocycles. The molecule has 0 aliphatic rings. The molecule has 0 aliphatic carbocycles. The van der Waals surface area contributed by atoms with Crippen LogP contribution in [0, 0.1) is 0 Å². The molecule has 6 heteroatoms. The summed E-state index contributed by atoms with van der Waals surface area (Å²) in [5, 5.41) is 22.9. The van der Waals surface area contributed by atoms with Crippen molar-refractivity contribution in [2.24, 2.45) is 0 Å². The van der Waals surface area contributed by atoms with Gasteiger partial charge in [0.05, 0.1) is 25.4 Å². The maximum absolute atomic E-state index is 12.4. The monoisotopic (exact) mass is 958 g/mol. The van der Waals surface area contributed by atoms with Crippen molar-refractivity contribution in [3.63, 3.8) is 0 Å². The second-order valence-electron chi connectivity index (χ2n) is 21.0. The van der Waals surface area contributed by atoms with Crippen molar-refractivity contribution >= 4 is 11.9 Å². The molecule has 0 bridgehead atoms. The third-order valence-corrected chi connectivity index (χ3v) is 14.2. The van der Waals surface area contributed by atoms with Crippen LogP contribution >= 0.6 is 0 Å². The first-order valence-electron chi connectivity index (χ1n) is 30.6. The lowest BCUT2D eigenvalue weighted by Crippen LogP contribution is -2.45. The minimum absolute atomic E-state index is 0.0175. The predicted octanol–water partition coefficient (Wildman–Crippen LogP) is 19.0. The quantitative estimate of drug-likeness (QED) is 0.0321. The van der Waals surface area contributed by atoms with Gasteiger partial charge in [-0.1, -0.05) is 289 Å². The molecule has 1 amide bonds. The first-order chi connectivity index (χ1) is 33.5. The molecule has 0 spiro atoms. The van der Waals surface area contributed by atoms with E-state index in [9.17, 15) is 19.8 Å². The number of nitrogens with one attached hydrogen (secondary N) is 1. The van der Waals surface area contributed by atoms with Gasteiger partial charge in [-0.2, -0.15) is 0 Å². The van der Waals surface area contributed by atoms with Crippen molar-refractivity contribution in [2.45, 2.75) is 347 Å². The van der Waals surface area contributed by atoms with E-state index in [1.165, 1.54) is 270 Å². The summed E-state index contributed by atoms with van der Waals surface area (Å²) in [6.45, 7) is 4.89. The van der Waals surface area contributed by atoms with Crippen LogP contribution in [0.5, 0.6) is 0 Å². The van der Waals surface area contributed by atoms with Crippen molar-refractivity contribution in [3.05, 3.63) is 24.3 Å². The molecule has 68 heavy (non-hydrogen) atoms. The van der Waals surface area contributed by atoms with Crippen LogP contribution in [0.15, 0.2) is 24.3 Å². The van der Waals surface area contributed by atoms with E-state index < -0.39 is 12.1 Å². The van der Waals surface area contributed by atoms with Gasteiger partial charge >= 0.3 is 5.97 Å². The van der Waals surface area contributed by atoms with E-state index in [-0.39, 0.29) is 18.5 Å². The second-order valence-corrected chi connectivity index (χ2v) is 21.0. The number of unbranched alkanes of at least 4 members (excludes halogenated alkanes) is 44. The molecule has 2 atom stereocenters. The molecule has 2 unspecified atom stereocenters.